The van der Waals surface area contributed by atoms with Crippen molar-refractivity contribution in [3.63, 3.8) is 0 Å². The molecule has 0 radical (unpaired) electrons. The van der Waals surface area contributed by atoms with Crippen LogP contribution in [0.4, 0.5) is 4.39 Å². The molecule has 0 bridgehead atoms. The number of hydrogen-bond acceptors (Lipinski definition) is 2. The SMILES string of the molecule is O=C(O)C[C@H](c1ccccc1)c1cc(F)ccc1O. The molecule has 0 heterocycles. The lowest BCUT2D eigenvalue weighted by Gasteiger charge is -2.17. The molecule has 0 aliphatic heterocycles. The molecule has 2 rings (SSSR count). The molecule has 19 heavy (non-hydrogen) atoms. The van der Waals surface area contributed by atoms with E-state index < -0.39 is 17.7 Å². The molecule has 2 aromatic carbocycles. The van der Waals surface area contributed by atoms with Gasteiger partial charge in [-0.2, -0.15) is 0 Å². The molecule has 1 atom stereocenters. The molecule has 0 aliphatic rings. The van der Waals surface area contributed by atoms with Gasteiger partial charge in [0.2, 0.25) is 0 Å². The first-order chi connectivity index (χ1) is 9.08. The molecule has 0 aliphatic carbocycles. The van der Waals surface area contributed by atoms with Crippen LogP contribution in [0.2, 0.25) is 0 Å². The summed E-state index contributed by atoms with van der Waals surface area (Å²) in [6.45, 7) is 0. The number of aliphatic carboxylic acids is 1. The Morgan fingerprint density at radius 2 is 1.84 bits per heavy atom. The molecule has 0 spiro atoms. The Morgan fingerprint density at radius 1 is 1.16 bits per heavy atom. The van der Waals surface area contributed by atoms with Crippen molar-refractivity contribution in [2.45, 2.75) is 12.3 Å². The van der Waals surface area contributed by atoms with Crippen molar-refractivity contribution < 1.29 is 19.4 Å². The highest BCUT2D eigenvalue weighted by Crippen LogP contribution is 2.34. The van der Waals surface area contributed by atoms with Crippen molar-refractivity contribution in [3.8, 4) is 5.75 Å². The van der Waals surface area contributed by atoms with E-state index in [-0.39, 0.29) is 17.7 Å². The highest BCUT2D eigenvalue weighted by atomic mass is 19.1. The van der Waals surface area contributed by atoms with Crippen molar-refractivity contribution in [1.29, 1.82) is 0 Å². The highest BCUT2D eigenvalue weighted by Gasteiger charge is 2.21. The molecule has 0 fully saturated rings. The van der Waals surface area contributed by atoms with Gasteiger partial charge < -0.3 is 10.2 Å². The maximum absolute atomic E-state index is 13.3. The fourth-order valence-electron chi connectivity index (χ4n) is 2.07. The zero-order chi connectivity index (χ0) is 13.8. The zero-order valence-corrected chi connectivity index (χ0v) is 10.1. The summed E-state index contributed by atoms with van der Waals surface area (Å²) in [5.41, 5.74) is 1.01. The number of carbonyl (C=O) groups is 1. The number of rotatable bonds is 4. The summed E-state index contributed by atoms with van der Waals surface area (Å²) in [5.74, 6) is -2.18. The third-order valence-corrected chi connectivity index (χ3v) is 2.95. The van der Waals surface area contributed by atoms with Crippen molar-refractivity contribution in [1.82, 2.24) is 0 Å². The van der Waals surface area contributed by atoms with Crippen LogP contribution in [0.3, 0.4) is 0 Å². The summed E-state index contributed by atoms with van der Waals surface area (Å²) < 4.78 is 13.3. The van der Waals surface area contributed by atoms with Gasteiger partial charge in [-0.15, -0.1) is 0 Å². The second-order valence-corrected chi connectivity index (χ2v) is 4.26. The predicted octanol–water partition coefficient (Wildman–Crippen LogP) is 3.14. The summed E-state index contributed by atoms with van der Waals surface area (Å²) >= 11 is 0. The Balaban J connectivity index is 2.48. The first-order valence-corrected chi connectivity index (χ1v) is 5.83. The van der Waals surface area contributed by atoms with E-state index in [9.17, 15) is 14.3 Å². The van der Waals surface area contributed by atoms with Gasteiger partial charge in [0, 0.05) is 11.5 Å². The normalized spacial score (nSPS) is 12.1. The fourth-order valence-corrected chi connectivity index (χ4v) is 2.07. The van der Waals surface area contributed by atoms with Crippen molar-refractivity contribution in [3.05, 3.63) is 65.5 Å². The Bertz CT molecular complexity index is 581. The molecule has 98 valence electrons. The van der Waals surface area contributed by atoms with Crippen LogP contribution in [-0.2, 0) is 4.79 Å². The third kappa shape index (κ3) is 3.10. The van der Waals surface area contributed by atoms with E-state index in [1.165, 1.54) is 12.1 Å². The van der Waals surface area contributed by atoms with Gasteiger partial charge in [-0.1, -0.05) is 30.3 Å². The molecule has 0 saturated carbocycles. The van der Waals surface area contributed by atoms with E-state index in [1.807, 2.05) is 6.07 Å². The van der Waals surface area contributed by atoms with Gasteiger partial charge in [-0.25, -0.2) is 4.39 Å². The van der Waals surface area contributed by atoms with E-state index in [4.69, 9.17) is 5.11 Å². The van der Waals surface area contributed by atoms with Crippen LogP contribution < -0.4 is 0 Å². The summed E-state index contributed by atoms with van der Waals surface area (Å²) in [5, 5.41) is 18.8. The number of phenols is 1. The number of benzene rings is 2. The maximum Gasteiger partial charge on any atom is 0.304 e. The minimum atomic E-state index is -1.00. The van der Waals surface area contributed by atoms with E-state index >= 15 is 0 Å². The average Bonchev–Trinajstić information content (AvgIpc) is 2.40. The summed E-state index contributed by atoms with van der Waals surface area (Å²) in [7, 11) is 0. The van der Waals surface area contributed by atoms with Gasteiger partial charge in [-0.3, -0.25) is 4.79 Å². The zero-order valence-electron chi connectivity index (χ0n) is 10.1. The molecule has 0 aromatic heterocycles. The first-order valence-electron chi connectivity index (χ1n) is 5.83. The Labute approximate surface area is 109 Å². The molecule has 0 saturated heterocycles. The highest BCUT2D eigenvalue weighted by molar-refractivity contribution is 5.69. The second kappa shape index (κ2) is 5.52. The summed E-state index contributed by atoms with van der Waals surface area (Å²) in [6.07, 6.45) is -0.207. The number of phenolic OH excluding ortho intramolecular Hbond substituents is 1. The molecular formula is C15H13FO3. The van der Waals surface area contributed by atoms with E-state index in [0.717, 1.165) is 11.6 Å². The van der Waals surface area contributed by atoms with Gasteiger partial charge >= 0.3 is 5.97 Å². The van der Waals surface area contributed by atoms with Crippen molar-refractivity contribution >= 4 is 5.97 Å². The lowest BCUT2D eigenvalue weighted by atomic mass is 9.88. The standard InChI is InChI=1S/C15H13FO3/c16-11-6-7-14(17)13(8-11)12(9-15(18)19)10-4-2-1-3-5-10/h1-8,12,17H,9H2,(H,18,19)/t12-/m1/s1. The molecule has 4 heteroatoms. The van der Waals surface area contributed by atoms with Crippen molar-refractivity contribution in [2.75, 3.05) is 0 Å². The number of carboxylic acid groups (broad SMARTS) is 1. The molecule has 2 aromatic rings. The van der Waals surface area contributed by atoms with Gasteiger partial charge in [0.05, 0.1) is 6.42 Å². The maximum atomic E-state index is 13.3. The van der Waals surface area contributed by atoms with Crippen LogP contribution >= 0.6 is 0 Å². The van der Waals surface area contributed by atoms with Crippen LogP contribution in [0.1, 0.15) is 23.5 Å². The van der Waals surface area contributed by atoms with Gasteiger partial charge in [0.25, 0.3) is 0 Å². The van der Waals surface area contributed by atoms with Crippen LogP contribution in [-0.4, -0.2) is 16.2 Å². The van der Waals surface area contributed by atoms with Gasteiger partial charge in [0.15, 0.2) is 0 Å². The van der Waals surface area contributed by atoms with Crippen LogP contribution in [0.15, 0.2) is 48.5 Å². The predicted molar refractivity (Wildman–Crippen MR) is 68.6 cm³/mol. The number of hydrogen-bond donors (Lipinski definition) is 2. The minimum absolute atomic E-state index is 0.100. The quantitative estimate of drug-likeness (QED) is 0.887. The van der Waals surface area contributed by atoms with Crippen molar-refractivity contribution in [2.24, 2.45) is 0 Å². The smallest absolute Gasteiger partial charge is 0.304 e. The lowest BCUT2D eigenvalue weighted by Crippen LogP contribution is -2.08. The number of aromatic hydroxyl groups is 1. The lowest BCUT2D eigenvalue weighted by molar-refractivity contribution is -0.137. The largest absolute Gasteiger partial charge is 0.508 e. The summed E-state index contributed by atoms with van der Waals surface area (Å²) in [6, 6.07) is 12.4. The van der Waals surface area contributed by atoms with Crippen LogP contribution in [0, 0.1) is 5.82 Å². The van der Waals surface area contributed by atoms with Gasteiger partial charge in [-0.05, 0) is 23.8 Å². The number of halogens is 1. The average molecular weight is 260 g/mol. The molecule has 3 nitrogen and oxygen atoms in total. The topological polar surface area (TPSA) is 57.5 Å². The molecule has 2 N–H and O–H groups in total. The minimum Gasteiger partial charge on any atom is -0.508 e. The third-order valence-electron chi connectivity index (χ3n) is 2.95. The second-order valence-electron chi connectivity index (χ2n) is 4.26. The van der Waals surface area contributed by atoms with Crippen LogP contribution in [0.5, 0.6) is 5.75 Å². The monoisotopic (exact) mass is 260 g/mol. The molecular weight excluding hydrogens is 247 g/mol. The molecule has 0 unspecified atom stereocenters. The van der Waals surface area contributed by atoms with Crippen LogP contribution in [0.25, 0.3) is 0 Å². The van der Waals surface area contributed by atoms with E-state index in [0.29, 0.717) is 0 Å². The van der Waals surface area contributed by atoms with E-state index in [2.05, 4.69) is 0 Å². The molecule has 0 amide bonds. The van der Waals surface area contributed by atoms with E-state index in [1.54, 1.807) is 24.3 Å². The Kier molecular flexibility index (Phi) is 3.80. The Morgan fingerprint density at radius 3 is 2.47 bits per heavy atom. The first kappa shape index (κ1) is 13.1. The fraction of sp³-hybridized carbons (Fsp3) is 0.133. The van der Waals surface area contributed by atoms with Gasteiger partial charge in [0.1, 0.15) is 11.6 Å². The Hall–Kier alpha value is -2.36. The number of carboxylic acids is 1. The summed E-state index contributed by atoms with van der Waals surface area (Å²) in [4.78, 5) is 11.0.